The van der Waals surface area contributed by atoms with Crippen molar-refractivity contribution in [1.29, 1.82) is 0 Å². The molecular formula is C25H30O5Se2. The summed E-state index contributed by atoms with van der Waals surface area (Å²) in [7, 11) is 3.04. The van der Waals surface area contributed by atoms with Crippen LogP contribution in [0.2, 0.25) is 3.71 Å². The van der Waals surface area contributed by atoms with Crippen LogP contribution in [0.1, 0.15) is 26.7 Å². The minimum atomic E-state index is -1.00. The summed E-state index contributed by atoms with van der Waals surface area (Å²) in [4.78, 5) is 26.8. The monoisotopic (exact) mass is 570 g/mol. The van der Waals surface area contributed by atoms with Crippen molar-refractivity contribution in [2.24, 2.45) is 11.3 Å². The van der Waals surface area contributed by atoms with Crippen molar-refractivity contribution in [3.63, 3.8) is 0 Å². The molecule has 0 aromatic heterocycles. The van der Waals surface area contributed by atoms with Gasteiger partial charge in [-0.2, -0.15) is 0 Å². The van der Waals surface area contributed by atoms with Gasteiger partial charge in [-0.05, 0) is 0 Å². The van der Waals surface area contributed by atoms with E-state index >= 15 is 0 Å². The van der Waals surface area contributed by atoms with Crippen molar-refractivity contribution in [3.05, 3.63) is 60.7 Å². The Hall–Kier alpha value is -1.62. The summed E-state index contributed by atoms with van der Waals surface area (Å²) in [5.41, 5.74) is -1.61. The minimum absolute atomic E-state index is 0.0487. The van der Waals surface area contributed by atoms with Crippen molar-refractivity contribution >= 4 is 50.8 Å². The van der Waals surface area contributed by atoms with E-state index in [1.54, 1.807) is 7.11 Å². The topological polar surface area (TPSA) is 61.8 Å². The number of ether oxygens (including phenoxy) is 3. The maximum atomic E-state index is 13.8. The molecule has 32 heavy (non-hydrogen) atoms. The number of rotatable bonds is 9. The summed E-state index contributed by atoms with van der Waals surface area (Å²) >= 11 is -0.121. The second-order valence-electron chi connectivity index (χ2n) is 8.07. The maximum absolute atomic E-state index is 13.8. The number of methoxy groups -OCH3 is 2. The molecule has 1 aliphatic carbocycles. The summed E-state index contributed by atoms with van der Waals surface area (Å²) in [6.45, 7) is 4.05. The fraction of sp³-hybridized carbons (Fsp3) is 0.440. The van der Waals surface area contributed by atoms with Crippen molar-refractivity contribution in [2.75, 3.05) is 20.8 Å². The Morgan fingerprint density at radius 2 is 1.53 bits per heavy atom. The Morgan fingerprint density at radius 1 is 1.00 bits per heavy atom. The van der Waals surface area contributed by atoms with Gasteiger partial charge in [-0.25, -0.2) is 0 Å². The summed E-state index contributed by atoms with van der Waals surface area (Å²) in [5, 5.41) is 0. The van der Waals surface area contributed by atoms with Gasteiger partial charge in [-0.15, -0.1) is 0 Å². The van der Waals surface area contributed by atoms with Crippen molar-refractivity contribution < 1.29 is 23.8 Å². The van der Waals surface area contributed by atoms with E-state index in [1.165, 1.54) is 16.0 Å². The first-order valence-electron chi connectivity index (χ1n) is 10.6. The number of carbonyl (C=O) groups excluding carboxylic acids is 2. The first-order valence-corrected chi connectivity index (χ1v) is 14.3. The van der Waals surface area contributed by atoms with E-state index in [-0.39, 0.29) is 52.2 Å². The van der Waals surface area contributed by atoms with Crippen LogP contribution in [-0.2, 0) is 23.8 Å². The van der Waals surface area contributed by atoms with Crippen LogP contribution in [0.15, 0.2) is 60.7 Å². The zero-order valence-electron chi connectivity index (χ0n) is 18.9. The van der Waals surface area contributed by atoms with E-state index in [4.69, 9.17) is 14.2 Å². The number of carbonyl (C=O) groups is 2. The normalized spacial score (nSPS) is 25.0. The third kappa shape index (κ3) is 5.30. The molecular weight excluding hydrogens is 538 g/mol. The second kappa shape index (κ2) is 11.0. The van der Waals surface area contributed by atoms with Crippen molar-refractivity contribution in [2.45, 2.75) is 36.0 Å². The fourth-order valence-corrected chi connectivity index (χ4v) is 12.1. The van der Waals surface area contributed by atoms with Gasteiger partial charge >= 0.3 is 203 Å². The van der Waals surface area contributed by atoms with Gasteiger partial charge in [0.25, 0.3) is 0 Å². The van der Waals surface area contributed by atoms with Gasteiger partial charge in [0.15, 0.2) is 0 Å². The van der Waals surface area contributed by atoms with Gasteiger partial charge in [0.05, 0.1) is 0 Å². The zero-order valence-corrected chi connectivity index (χ0v) is 22.3. The molecule has 3 atom stereocenters. The molecule has 0 aliphatic heterocycles. The van der Waals surface area contributed by atoms with Crippen LogP contribution < -0.4 is 8.92 Å². The SMILES string of the molecule is CCOC(=O)[C@]1(C([Se]c2ccccc2)[Se]c2ccccc2)C[C@@](C)(OC)C[C@@H]1C(=O)OC. The average Bonchev–Trinajstić information content (AvgIpc) is 3.15. The van der Waals surface area contributed by atoms with E-state index < -0.39 is 16.9 Å². The molecule has 3 rings (SSSR count). The molecule has 1 fully saturated rings. The molecule has 0 unspecified atom stereocenters. The number of hydrogen-bond acceptors (Lipinski definition) is 5. The third-order valence-electron chi connectivity index (χ3n) is 5.95. The fourth-order valence-electron chi connectivity index (χ4n) is 4.32. The van der Waals surface area contributed by atoms with Crippen LogP contribution in [0.4, 0.5) is 0 Å². The molecule has 0 heterocycles. The molecule has 1 aliphatic rings. The molecule has 172 valence electrons. The molecule has 2 aromatic rings. The third-order valence-corrected chi connectivity index (χ3v) is 13.0. The molecule has 0 bridgehead atoms. The number of esters is 2. The van der Waals surface area contributed by atoms with Crippen molar-refractivity contribution in [3.8, 4) is 0 Å². The molecule has 5 nitrogen and oxygen atoms in total. The summed E-state index contributed by atoms with van der Waals surface area (Å²) in [6.07, 6.45) is 0.865. The summed E-state index contributed by atoms with van der Waals surface area (Å²) in [5.74, 6) is -1.29. The van der Waals surface area contributed by atoms with Gasteiger partial charge in [0.1, 0.15) is 0 Å². The molecule has 1 saturated carbocycles. The Bertz CT molecular complexity index is 866. The van der Waals surface area contributed by atoms with Crippen LogP contribution in [0.3, 0.4) is 0 Å². The van der Waals surface area contributed by atoms with Gasteiger partial charge in [-0.3, -0.25) is 0 Å². The first kappa shape index (κ1) is 25.0. The molecule has 0 radical (unpaired) electrons. The van der Waals surface area contributed by atoms with E-state index in [2.05, 4.69) is 24.3 Å². The second-order valence-corrected chi connectivity index (χ2v) is 14.5. The van der Waals surface area contributed by atoms with Gasteiger partial charge in [0, 0.05) is 0 Å². The summed E-state index contributed by atoms with van der Waals surface area (Å²) in [6, 6.07) is 20.5. The van der Waals surface area contributed by atoms with E-state index in [9.17, 15) is 9.59 Å². The predicted molar refractivity (Wildman–Crippen MR) is 127 cm³/mol. The molecule has 0 saturated heterocycles. The number of hydrogen-bond donors (Lipinski definition) is 0. The van der Waals surface area contributed by atoms with Crippen LogP contribution in [0, 0.1) is 11.3 Å². The molecule has 2 aromatic carbocycles. The zero-order chi connectivity index (χ0) is 23.2. The number of benzene rings is 2. The predicted octanol–water partition coefficient (Wildman–Crippen LogP) is 2.33. The molecule has 7 heteroatoms. The van der Waals surface area contributed by atoms with E-state index in [1.807, 2.05) is 50.2 Å². The van der Waals surface area contributed by atoms with Crippen LogP contribution >= 0.6 is 0 Å². The van der Waals surface area contributed by atoms with Gasteiger partial charge < -0.3 is 0 Å². The molecule has 0 spiro atoms. The standard InChI is InChI=1S/C25H30O5Se2/c1-5-30-22(27)25(17-24(2,29-4)16-20(25)21(26)28-3)23(31-18-12-8-6-9-13-18)32-19-14-10-7-11-15-19/h6-15,20,23H,5,16-17H2,1-4H3/t20-,24+,25+/m1/s1. The molecule has 0 N–H and O–H groups in total. The quantitative estimate of drug-likeness (QED) is 0.344. The van der Waals surface area contributed by atoms with Crippen LogP contribution in [0.5, 0.6) is 0 Å². The Morgan fingerprint density at radius 3 is 1.97 bits per heavy atom. The van der Waals surface area contributed by atoms with Gasteiger partial charge in [0.2, 0.25) is 0 Å². The first-order chi connectivity index (χ1) is 15.4. The molecule has 0 amide bonds. The van der Waals surface area contributed by atoms with Crippen LogP contribution in [0.25, 0.3) is 0 Å². The van der Waals surface area contributed by atoms with E-state index in [0.29, 0.717) is 12.8 Å². The van der Waals surface area contributed by atoms with Gasteiger partial charge in [-0.1, -0.05) is 0 Å². The van der Waals surface area contributed by atoms with Crippen LogP contribution in [-0.4, -0.2) is 68.3 Å². The van der Waals surface area contributed by atoms with E-state index in [0.717, 1.165) is 0 Å². The summed E-state index contributed by atoms with van der Waals surface area (Å²) < 4.78 is 19.1. The Kier molecular flexibility index (Phi) is 8.60. The van der Waals surface area contributed by atoms with Crippen molar-refractivity contribution in [1.82, 2.24) is 0 Å². The Labute approximate surface area is 202 Å². The average molecular weight is 568 g/mol. The Balaban J connectivity index is 2.15.